The lowest BCUT2D eigenvalue weighted by atomic mass is 10.2. The van der Waals surface area contributed by atoms with Crippen LogP contribution in [0.25, 0.3) is 10.1 Å². The van der Waals surface area contributed by atoms with E-state index in [1.807, 2.05) is 26.0 Å². The third kappa shape index (κ3) is 3.38. The Hall–Kier alpha value is -2.47. The van der Waals surface area contributed by atoms with E-state index in [1.165, 1.54) is 24.3 Å². The molecule has 6 heteroatoms. The smallest absolute Gasteiger partial charge is 0.308 e. The van der Waals surface area contributed by atoms with Gasteiger partial charge in [-0.1, -0.05) is 6.07 Å². The summed E-state index contributed by atoms with van der Waals surface area (Å²) in [6, 6.07) is 6.92. The van der Waals surface area contributed by atoms with Gasteiger partial charge in [-0.15, -0.1) is 11.3 Å². The lowest BCUT2D eigenvalue weighted by Gasteiger charge is -2.09. The number of halogens is 1. The number of fused-ring (bicyclic) bond motifs is 1. The fourth-order valence-electron chi connectivity index (χ4n) is 2.41. The van der Waals surface area contributed by atoms with Crippen molar-refractivity contribution in [2.24, 2.45) is 0 Å². The van der Waals surface area contributed by atoms with Gasteiger partial charge in [-0.25, -0.2) is 4.39 Å². The summed E-state index contributed by atoms with van der Waals surface area (Å²) in [5.74, 6) is -0.281. The van der Waals surface area contributed by atoms with E-state index in [4.69, 9.17) is 9.47 Å². The van der Waals surface area contributed by atoms with Crippen molar-refractivity contribution in [2.75, 3.05) is 0 Å². The molecule has 2 aromatic heterocycles. The molecule has 2 heterocycles. The minimum absolute atomic E-state index is 0.241. The van der Waals surface area contributed by atoms with Crippen molar-refractivity contribution in [3.05, 3.63) is 52.4 Å². The summed E-state index contributed by atoms with van der Waals surface area (Å²) in [5.41, 5.74) is 2.79. The third-order valence-corrected chi connectivity index (χ3v) is 4.46. The van der Waals surface area contributed by atoms with E-state index in [2.05, 4.69) is 4.98 Å². The monoisotopic (exact) mass is 345 g/mol. The van der Waals surface area contributed by atoms with Crippen LogP contribution < -0.4 is 9.47 Å². The molecule has 0 saturated heterocycles. The number of rotatable bonds is 4. The molecule has 3 rings (SSSR count). The van der Waals surface area contributed by atoms with Crippen LogP contribution in [0.2, 0.25) is 0 Å². The van der Waals surface area contributed by atoms with E-state index in [0.717, 1.165) is 17.0 Å². The predicted molar refractivity (Wildman–Crippen MR) is 91.1 cm³/mol. The van der Waals surface area contributed by atoms with Gasteiger partial charge in [0, 0.05) is 40.0 Å². The molecule has 0 amide bonds. The number of aromatic nitrogens is 1. The molecule has 0 bridgehead atoms. The zero-order valence-corrected chi connectivity index (χ0v) is 14.4. The first-order valence-electron chi connectivity index (χ1n) is 7.39. The average Bonchev–Trinajstić information content (AvgIpc) is 2.89. The number of ether oxygens (including phenoxy) is 2. The summed E-state index contributed by atoms with van der Waals surface area (Å²) in [4.78, 5) is 15.5. The van der Waals surface area contributed by atoms with Crippen molar-refractivity contribution >= 4 is 27.4 Å². The Morgan fingerprint density at radius 1 is 1.29 bits per heavy atom. The standard InChI is InChI=1S/C18H16FNO3S/c1-10-4-5-13(11(2)20-10)8-22-14-6-15(19)18-16(23-12(3)21)9-24-17(18)7-14/h4-7,9H,8H2,1-3H3. The Bertz CT molecular complexity index is 920. The number of pyridine rings is 1. The Balaban J connectivity index is 1.84. The Kier molecular flexibility index (Phi) is 4.49. The number of thiophene rings is 1. The van der Waals surface area contributed by atoms with Crippen molar-refractivity contribution in [1.29, 1.82) is 0 Å². The minimum atomic E-state index is -0.475. The van der Waals surface area contributed by atoms with Crippen molar-refractivity contribution in [2.45, 2.75) is 27.4 Å². The van der Waals surface area contributed by atoms with Crippen LogP contribution in [0, 0.1) is 19.7 Å². The van der Waals surface area contributed by atoms with Crippen molar-refractivity contribution in [1.82, 2.24) is 4.98 Å². The number of benzene rings is 1. The van der Waals surface area contributed by atoms with Gasteiger partial charge >= 0.3 is 5.97 Å². The molecular weight excluding hydrogens is 329 g/mol. The topological polar surface area (TPSA) is 48.4 Å². The summed E-state index contributed by atoms with van der Waals surface area (Å²) >= 11 is 1.30. The molecule has 0 N–H and O–H groups in total. The van der Waals surface area contributed by atoms with Gasteiger partial charge in [0.25, 0.3) is 0 Å². The molecule has 0 saturated carbocycles. The first kappa shape index (κ1) is 16.4. The van der Waals surface area contributed by atoms with E-state index < -0.39 is 11.8 Å². The molecule has 0 aliphatic heterocycles. The highest BCUT2D eigenvalue weighted by molar-refractivity contribution is 7.17. The maximum atomic E-state index is 14.4. The first-order chi connectivity index (χ1) is 11.4. The van der Waals surface area contributed by atoms with Gasteiger partial charge in [0.1, 0.15) is 18.2 Å². The highest BCUT2D eigenvalue weighted by Gasteiger charge is 2.14. The summed E-state index contributed by atoms with van der Waals surface area (Å²) in [6.45, 7) is 5.45. The number of hydrogen-bond acceptors (Lipinski definition) is 5. The lowest BCUT2D eigenvalue weighted by Crippen LogP contribution is -2.02. The second kappa shape index (κ2) is 6.57. The number of hydrogen-bond donors (Lipinski definition) is 0. The quantitative estimate of drug-likeness (QED) is 0.651. The normalized spacial score (nSPS) is 10.8. The fourth-order valence-corrected chi connectivity index (χ4v) is 3.31. The third-order valence-electron chi connectivity index (χ3n) is 3.55. The fraction of sp³-hybridized carbons (Fsp3) is 0.222. The Morgan fingerprint density at radius 3 is 2.79 bits per heavy atom. The maximum Gasteiger partial charge on any atom is 0.308 e. The highest BCUT2D eigenvalue weighted by atomic mass is 32.1. The molecular formula is C18H16FNO3S. The van der Waals surface area contributed by atoms with Crippen LogP contribution in [-0.2, 0) is 11.4 Å². The molecule has 124 valence electrons. The van der Waals surface area contributed by atoms with Crippen molar-refractivity contribution in [3.63, 3.8) is 0 Å². The molecule has 1 aromatic carbocycles. The first-order valence-corrected chi connectivity index (χ1v) is 8.27. The van der Waals surface area contributed by atoms with Gasteiger partial charge in [-0.3, -0.25) is 9.78 Å². The van der Waals surface area contributed by atoms with Gasteiger partial charge in [-0.2, -0.15) is 0 Å². The van der Waals surface area contributed by atoms with Crippen LogP contribution in [-0.4, -0.2) is 11.0 Å². The molecule has 4 nitrogen and oxygen atoms in total. The van der Waals surface area contributed by atoms with Crippen molar-refractivity contribution in [3.8, 4) is 11.5 Å². The van der Waals surface area contributed by atoms with Gasteiger partial charge < -0.3 is 9.47 Å². The number of carbonyl (C=O) groups excluding carboxylic acids is 1. The van der Waals surface area contributed by atoms with Crippen LogP contribution in [0.15, 0.2) is 29.6 Å². The van der Waals surface area contributed by atoms with Gasteiger partial charge in [0.15, 0.2) is 5.75 Å². The molecule has 0 radical (unpaired) electrons. The number of aryl methyl sites for hydroxylation is 2. The SMILES string of the molecule is CC(=O)Oc1csc2cc(OCc3ccc(C)nc3C)cc(F)c12. The van der Waals surface area contributed by atoms with Gasteiger partial charge in [0.2, 0.25) is 0 Å². The van der Waals surface area contributed by atoms with Crippen molar-refractivity contribution < 1.29 is 18.7 Å². The predicted octanol–water partition coefficient (Wildman–Crippen LogP) is 4.56. The summed E-state index contributed by atoms with van der Waals surface area (Å²) < 4.78 is 25.8. The maximum absolute atomic E-state index is 14.4. The van der Waals surface area contributed by atoms with E-state index in [-0.39, 0.29) is 5.75 Å². The number of esters is 1. The van der Waals surface area contributed by atoms with Crippen LogP contribution in [0.5, 0.6) is 11.5 Å². The molecule has 0 fully saturated rings. The van der Waals surface area contributed by atoms with Crippen LogP contribution in [0.4, 0.5) is 4.39 Å². The van der Waals surface area contributed by atoms with E-state index in [0.29, 0.717) is 22.4 Å². The molecule has 0 spiro atoms. The molecule has 0 aliphatic carbocycles. The summed E-state index contributed by atoms with van der Waals surface area (Å²) in [6.07, 6.45) is 0. The largest absolute Gasteiger partial charge is 0.489 e. The molecule has 0 aliphatic rings. The second-order valence-corrected chi connectivity index (χ2v) is 6.37. The highest BCUT2D eigenvalue weighted by Crippen LogP contribution is 2.37. The van der Waals surface area contributed by atoms with Crippen LogP contribution >= 0.6 is 11.3 Å². The van der Waals surface area contributed by atoms with E-state index in [9.17, 15) is 9.18 Å². The summed E-state index contributed by atoms with van der Waals surface area (Å²) in [7, 11) is 0. The molecule has 0 unspecified atom stereocenters. The Morgan fingerprint density at radius 2 is 2.08 bits per heavy atom. The molecule has 3 aromatic rings. The Labute approximate surface area is 142 Å². The zero-order chi connectivity index (χ0) is 17.3. The molecule has 24 heavy (non-hydrogen) atoms. The lowest BCUT2D eigenvalue weighted by molar-refractivity contribution is -0.131. The molecule has 0 atom stereocenters. The van der Waals surface area contributed by atoms with Crippen LogP contribution in [0.1, 0.15) is 23.9 Å². The average molecular weight is 345 g/mol. The van der Waals surface area contributed by atoms with Crippen LogP contribution in [0.3, 0.4) is 0 Å². The van der Waals surface area contributed by atoms with Gasteiger partial charge in [0.05, 0.1) is 5.39 Å². The van der Waals surface area contributed by atoms with Gasteiger partial charge in [-0.05, 0) is 26.0 Å². The van der Waals surface area contributed by atoms with E-state index in [1.54, 1.807) is 11.4 Å². The second-order valence-electron chi connectivity index (χ2n) is 5.46. The number of carbonyl (C=O) groups is 1. The summed E-state index contributed by atoms with van der Waals surface area (Å²) in [5, 5.41) is 1.92. The van der Waals surface area contributed by atoms with E-state index >= 15 is 0 Å². The number of nitrogens with zero attached hydrogens (tertiary/aromatic N) is 1. The minimum Gasteiger partial charge on any atom is -0.489 e. The zero-order valence-electron chi connectivity index (χ0n) is 13.6.